The van der Waals surface area contributed by atoms with Crippen molar-refractivity contribution in [1.82, 2.24) is 34.7 Å². The monoisotopic (exact) mass is 476 g/mol. The summed E-state index contributed by atoms with van der Waals surface area (Å²) in [5.41, 5.74) is 5.59. The Kier molecular flexibility index (Phi) is 6.49. The molecule has 0 atom stereocenters. The van der Waals surface area contributed by atoms with E-state index >= 15 is 0 Å². The van der Waals surface area contributed by atoms with Gasteiger partial charge in [-0.2, -0.15) is 5.26 Å². The summed E-state index contributed by atoms with van der Waals surface area (Å²) in [7, 11) is 0. The number of unbranched alkanes of at least 4 members (excludes halogenated alkanes) is 1. The molecule has 9 nitrogen and oxygen atoms in total. The number of benzene rings is 2. The average molecular weight is 477 g/mol. The Hall–Kier alpha value is -4.84. The number of nitriles is 1. The second-order valence-corrected chi connectivity index (χ2v) is 8.46. The lowest BCUT2D eigenvalue weighted by Gasteiger charge is -2.10. The van der Waals surface area contributed by atoms with E-state index in [1.165, 1.54) is 0 Å². The van der Waals surface area contributed by atoms with Crippen LogP contribution in [0.5, 0.6) is 0 Å². The number of aryl methyl sites for hydroxylation is 1. The van der Waals surface area contributed by atoms with E-state index in [0.717, 1.165) is 47.2 Å². The third-order valence-electron chi connectivity index (χ3n) is 6.16. The van der Waals surface area contributed by atoms with E-state index in [2.05, 4.69) is 38.6 Å². The van der Waals surface area contributed by atoms with E-state index in [4.69, 9.17) is 0 Å². The van der Waals surface area contributed by atoms with E-state index in [1.54, 1.807) is 39.7 Å². The van der Waals surface area contributed by atoms with Crippen molar-refractivity contribution in [1.29, 1.82) is 5.26 Å². The van der Waals surface area contributed by atoms with E-state index < -0.39 is 0 Å². The fourth-order valence-corrected chi connectivity index (χ4v) is 4.28. The first-order chi connectivity index (χ1) is 17.7. The van der Waals surface area contributed by atoms with E-state index in [9.17, 15) is 10.1 Å². The number of tetrazole rings is 1. The molecule has 9 heteroatoms. The molecule has 0 aliphatic rings. The Balaban J connectivity index is 1.49. The Morgan fingerprint density at radius 1 is 1.06 bits per heavy atom. The SMILES string of the molecule is CCCCc1cn(-c2ccccc2C#N)c(=O)n1Cc1ccc(-c2cnccc2-c2nnn[nH]2)cc1. The molecule has 0 spiro atoms. The van der Waals surface area contributed by atoms with Gasteiger partial charge in [-0.1, -0.05) is 49.7 Å². The van der Waals surface area contributed by atoms with Crippen molar-refractivity contribution < 1.29 is 0 Å². The molecule has 0 saturated heterocycles. The summed E-state index contributed by atoms with van der Waals surface area (Å²) < 4.78 is 3.39. The van der Waals surface area contributed by atoms with Gasteiger partial charge in [-0.05, 0) is 52.6 Å². The van der Waals surface area contributed by atoms with Crippen molar-refractivity contribution in [2.45, 2.75) is 32.7 Å². The summed E-state index contributed by atoms with van der Waals surface area (Å²) in [5, 5.41) is 23.7. The van der Waals surface area contributed by atoms with E-state index in [-0.39, 0.29) is 5.69 Å². The maximum Gasteiger partial charge on any atom is 0.333 e. The number of nitrogens with one attached hydrogen (secondary N) is 1. The number of aromatic nitrogens is 7. The van der Waals surface area contributed by atoms with Crippen LogP contribution in [-0.4, -0.2) is 34.7 Å². The highest BCUT2D eigenvalue weighted by atomic mass is 16.1. The third kappa shape index (κ3) is 4.44. The minimum atomic E-state index is -0.153. The van der Waals surface area contributed by atoms with E-state index in [1.807, 2.05) is 42.6 Å². The number of hydrogen-bond donors (Lipinski definition) is 1. The van der Waals surface area contributed by atoms with Gasteiger partial charge in [-0.3, -0.25) is 14.1 Å². The number of nitrogens with zero attached hydrogens (tertiary/aromatic N) is 7. The third-order valence-corrected chi connectivity index (χ3v) is 6.16. The van der Waals surface area contributed by atoms with Crippen LogP contribution in [0.2, 0.25) is 0 Å². The minimum Gasteiger partial charge on any atom is -0.292 e. The molecule has 0 saturated carbocycles. The van der Waals surface area contributed by atoms with Crippen LogP contribution in [-0.2, 0) is 13.0 Å². The second kappa shape index (κ2) is 10.2. The number of H-pyrrole nitrogens is 1. The Morgan fingerprint density at radius 3 is 2.64 bits per heavy atom. The zero-order valence-electron chi connectivity index (χ0n) is 19.8. The zero-order valence-corrected chi connectivity index (χ0v) is 19.8. The topological polar surface area (TPSA) is 118 Å². The van der Waals surface area contributed by atoms with Gasteiger partial charge >= 0.3 is 5.69 Å². The molecule has 0 radical (unpaired) electrons. The highest BCUT2D eigenvalue weighted by Crippen LogP contribution is 2.29. The molecule has 178 valence electrons. The highest BCUT2D eigenvalue weighted by molar-refractivity contribution is 5.79. The van der Waals surface area contributed by atoms with Crippen molar-refractivity contribution in [3.63, 3.8) is 0 Å². The van der Waals surface area contributed by atoms with Gasteiger partial charge in [0.05, 0.1) is 17.8 Å². The normalized spacial score (nSPS) is 10.9. The molecule has 2 aromatic carbocycles. The molecule has 5 aromatic rings. The number of pyridine rings is 1. The molecule has 3 aromatic heterocycles. The standard InChI is InChI=1S/C27H24N8O/c1-2-3-7-22-18-35(25-8-5-4-6-21(25)15-28)27(36)34(22)17-19-9-11-20(12-10-19)24-16-29-14-13-23(24)26-30-32-33-31-26/h4-6,8-14,16,18H,2-3,7,17H2,1H3,(H,30,31,32,33). The van der Waals surface area contributed by atoms with Crippen LogP contribution in [0.25, 0.3) is 28.2 Å². The Labute approximate surface area is 207 Å². The van der Waals surface area contributed by atoms with Gasteiger partial charge in [0.2, 0.25) is 0 Å². The Bertz CT molecular complexity index is 1570. The van der Waals surface area contributed by atoms with Crippen LogP contribution in [0.1, 0.15) is 36.6 Å². The molecule has 0 bridgehead atoms. The molecule has 1 N–H and O–H groups in total. The number of hydrogen-bond acceptors (Lipinski definition) is 6. The number of imidazole rings is 1. The number of aromatic amines is 1. The van der Waals surface area contributed by atoms with Gasteiger partial charge in [-0.15, -0.1) is 5.10 Å². The predicted molar refractivity (Wildman–Crippen MR) is 135 cm³/mol. The molecular weight excluding hydrogens is 452 g/mol. The first-order valence-corrected chi connectivity index (χ1v) is 11.8. The summed E-state index contributed by atoms with van der Waals surface area (Å²) in [5.74, 6) is 0.572. The molecule has 0 aliphatic heterocycles. The largest absolute Gasteiger partial charge is 0.333 e. The summed E-state index contributed by atoms with van der Waals surface area (Å²) in [4.78, 5) is 17.7. The predicted octanol–water partition coefficient (Wildman–Crippen LogP) is 4.14. The summed E-state index contributed by atoms with van der Waals surface area (Å²) >= 11 is 0. The van der Waals surface area contributed by atoms with Crippen molar-refractivity contribution >= 4 is 0 Å². The van der Waals surface area contributed by atoms with Crippen LogP contribution in [0.3, 0.4) is 0 Å². The Morgan fingerprint density at radius 2 is 1.89 bits per heavy atom. The molecular formula is C27H24N8O. The van der Waals surface area contributed by atoms with Gasteiger partial charge in [0.25, 0.3) is 0 Å². The summed E-state index contributed by atoms with van der Waals surface area (Å²) in [6.45, 7) is 2.57. The van der Waals surface area contributed by atoms with Gasteiger partial charge in [0, 0.05) is 35.4 Å². The van der Waals surface area contributed by atoms with Crippen molar-refractivity contribution in [3.05, 3.63) is 100 Å². The fourth-order valence-electron chi connectivity index (χ4n) is 4.28. The maximum atomic E-state index is 13.5. The minimum absolute atomic E-state index is 0.153. The number of para-hydroxylation sites is 1. The molecule has 0 unspecified atom stereocenters. The maximum absolute atomic E-state index is 13.5. The summed E-state index contributed by atoms with van der Waals surface area (Å²) in [6, 6.07) is 19.3. The molecule has 36 heavy (non-hydrogen) atoms. The first kappa shape index (κ1) is 22.9. The fraction of sp³-hybridized carbons (Fsp3) is 0.185. The van der Waals surface area contributed by atoms with Gasteiger partial charge in [0.1, 0.15) is 6.07 Å². The van der Waals surface area contributed by atoms with Crippen LogP contribution in [0, 0.1) is 11.3 Å². The smallest absolute Gasteiger partial charge is 0.292 e. The van der Waals surface area contributed by atoms with Gasteiger partial charge in [-0.25, -0.2) is 9.89 Å². The van der Waals surface area contributed by atoms with Crippen LogP contribution in [0.4, 0.5) is 0 Å². The van der Waals surface area contributed by atoms with Crippen LogP contribution in [0.15, 0.2) is 78.0 Å². The highest BCUT2D eigenvalue weighted by Gasteiger charge is 2.16. The van der Waals surface area contributed by atoms with Gasteiger partial charge in [0.15, 0.2) is 5.82 Å². The average Bonchev–Trinajstić information content (AvgIpc) is 3.57. The molecule has 0 aliphatic carbocycles. The van der Waals surface area contributed by atoms with Crippen molar-refractivity contribution in [2.24, 2.45) is 0 Å². The lowest BCUT2D eigenvalue weighted by molar-refractivity contribution is 0.674. The van der Waals surface area contributed by atoms with Crippen LogP contribution >= 0.6 is 0 Å². The lowest BCUT2D eigenvalue weighted by Crippen LogP contribution is -2.25. The zero-order chi connectivity index (χ0) is 24.9. The van der Waals surface area contributed by atoms with Gasteiger partial charge < -0.3 is 0 Å². The second-order valence-electron chi connectivity index (χ2n) is 8.46. The first-order valence-electron chi connectivity index (χ1n) is 11.8. The van der Waals surface area contributed by atoms with E-state index in [0.29, 0.717) is 23.6 Å². The number of rotatable bonds is 8. The molecule has 0 amide bonds. The van der Waals surface area contributed by atoms with Crippen LogP contribution < -0.4 is 5.69 Å². The summed E-state index contributed by atoms with van der Waals surface area (Å²) in [6.07, 6.45) is 8.15. The lowest BCUT2D eigenvalue weighted by atomic mass is 10.0. The quantitative estimate of drug-likeness (QED) is 0.360. The molecule has 0 fully saturated rings. The van der Waals surface area contributed by atoms with Crippen molar-refractivity contribution in [2.75, 3.05) is 0 Å². The molecule has 3 heterocycles. The molecule has 5 rings (SSSR count). The van der Waals surface area contributed by atoms with Crippen molar-refractivity contribution in [3.8, 4) is 34.3 Å².